The van der Waals surface area contributed by atoms with Gasteiger partial charge in [0.05, 0.1) is 37.3 Å². The smallest absolute Gasteiger partial charge is 0.356 e. The standard InChI is InChI=1S/C26H30N4O4/c1-4-17(2)14-27-19-13-21-22(29-25(31)18-9-6-5-7-10-18)23(26(32)33-3)30(24(21)28-15-19)16-20-11-8-12-34-20/h4-7,9-10,13,15,20,27H,8,11-12,14,16H2,1-3H3,(H,29,31)/b17-4+. The van der Waals surface area contributed by atoms with Crippen LogP contribution in [0.2, 0.25) is 0 Å². The van der Waals surface area contributed by atoms with Crippen molar-refractivity contribution in [2.24, 2.45) is 0 Å². The highest BCUT2D eigenvalue weighted by molar-refractivity contribution is 6.14. The number of aromatic nitrogens is 2. The van der Waals surface area contributed by atoms with Crippen molar-refractivity contribution in [2.75, 3.05) is 30.9 Å². The molecule has 178 valence electrons. The summed E-state index contributed by atoms with van der Waals surface area (Å²) in [7, 11) is 1.33. The molecule has 1 aliphatic heterocycles. The predicted octanol–water partition coefficient (Wildman–Crippen LogP) is 4.63. The third-order valence-electron chi connectivity index (χ3n) is 6.03. The molecule has 1 fully saturated rings. The third kappa shape index (κ3) is 4.97. The maximum Gasteiger partial charge on any atom is 0.356 e. The van der Waals surface area contributed by atoms with Crippen molar-refractivity contribution in [2.45, 2.75) is 39.3 Å². The first-order chi connectivity index (χ1) is 16.5. The third-order valence-corrected chi connectivity index (χ3v) is 6.03. The van der Waals surface area contributed by atoms with Crippen LogP contribution in [0.25, 0.3) is 11.0 Å². The number of benzene rings is 1. The molecule has 1 unspecified atom stereocenters. The number of anilines is 2. The maximum absolute atomic E-state index is 13.1. The number of pyridine rings is 1. The minimum atomic E-state index is -0.543. The van der Waals surface area contributed by atoms with Crippen LogP contribution < -0.4 is 10.6 Å². The van der Waals surface area contributed by atoms with E-state index in [-0.39, 0.29) is 17.7 Å². The van der Waals surface area contributed by atoms with Gasteiger partial charge in [0.2, 0.25) is 0 Å². The van der Waals surface area contributed by atoms with E-state index in [1.807, 2.05) is 32.1 Å². The molecular formula is C26H30N4O4. The first-order valence-corrected chi connectivity index (χ1v) is 11.5. The van der Waals surface area contributed by atoms with Crippen LogP contribution in [-0.2, 0) is 16.0 Å². The number of hydrogen-bond donors (Lipinski definition) is 2. The Bertz CT molecular complexity index is 1210. The number of amides is 1. The number of ether oxygens (including phenoxy) is 2. The molecule has 2 aromatic heterocycles. The normalized spacial score (nSPS) is 16.0. The van der Waals surface area contributed by atoms with Gasteiger partial charge in [0, 0.05) is 24.1 Å². The molecule has 3 heterocycles. The first kappa shape index (κ1) is 23.5. The molecule has 1 amide bonds. The van der Waals surface area contributed by atoms with Gasteiger partial charge in [-0.1, -0.05) is 29.8 Å². The lowest BCUT2D eigenvalue weighted by molar-refractivity contribution is 0.0580. The Hall–Kier alpha value is -3.65. The van der Waals surface area contributed by atoms with Gasteiger partial charge >= 0.3 is 5.97 Å². The number of carbonyl (C=O) groups is 2. The van der Waals surface area contributed by atoms with Gasteiger partial charge in [0.1, 0.15) is 5.65 Å². The zero-order chi connectivity index (χ0) is 24.1. The van der Waals surface area contributed by atoms with Gasteiger partial charge in [-0.15, -0.1) is 0 Å². The predicted molar refractivity (Wildman–Crippen MR) is 132 cm³/mol. The van der Waals surface area contributed by atoms with E-state index in [4.69, 9.17) is 9.47 Å². The van der Waals surface area contributed by atoms with Crippen molar-refractivity contribution >= 4 is 34.3 Å². The molecule has 8 heteroatoms. The van der Waals surface area contributed by atoms with Crippen molar-refractivity contribution in [3.05, 3.63) is 65.5 Å². The van der Waals surface area contributed by atoms with Crippen molar-refractivity contribution < 1.29 is 19.1 Å². The first-order valence-electron chi connectivity index (χ1n) is 11.5. The van der Waals surface area contributed by atoms with Crippen LogP contribution in [0.3, 0.4) is 0 Å². The summed E-state index contributed by atoms with van der Waals surface area (Å²) in [5.41, 5.74) is 3.69. The molecule has 3 aromatic rings. The van der Waals surface area contributed by atoms with Gasteiger partial charge < -0.3 is 24.7 Å². The van der Waals surface area contributed by atoms with E-state index < -0.39 is 5.97 Å². The van der Waals surface area contributed by atoms with E-state index in [1.165, 1.54) is 12.7 Å². The number of esters is 1. The minimum absolute atomic E-state index is 0.0337. The van der Waals surface area contributed by atoms with E-state index >= 15 is 0 Å². The van der Waals surface area contributed by atoms with E-state index in [2.05, 4.69) is 15.6 Å². The van der Waals surface area contributed by atoms with Crippen molar-refractivity contribution in [3.8, 4) is 0 Å². The van der Waals surface area contributed by atoms with Gasteiger partial charge in [0.15, 0.2) is 5.69 Å². The fourth-order valence-corrected chi connectivity index (χ4v) is 4.05. The molecular weight excluding hydrogens is 432 g/mol. The quantitative estimate of drug-likeness (QED) is 0.374. The summed E-state index contributed by atoms with van der Waals surface area (Å²) >= 11 is 0. The average Bonchev–Trinajstić information content (AvgIpc) is 3.49. The van der Waals surface area contributed by atoms with E-state index in [0.29, 0.717) is 42.0 Å². The number of nitrogens with zero attached hydrogens (tertiary/aromatic N) is 2. The van der Waals surface area contributed by atoms with E-state index in [9.17, 15) is 9.59 Å². The summed E-state index contributed by atoms with van der Waals surface area (Å²) < 4.78 is 12.8. The lowest BCUT2D eigenvalue weighted by Gasteiger charge is -2.14. The SMILES string of the molecule is C/C=C(\C)CNc1cnc2c(c1)c(NC(=O)c1ccccc1)c(C(=O)OC)n2CC1CCCO1. The Morgan fingerprint density at radius 3 is 2.76 bits per heavy atom. The lowest BCUT2D eigenvalue weighted by Crippen LogP contribution is -2.21. The molecule has 34 heavy (non-hydrogen) atoms. The second-order valence-electron chi connectivity index (χ2n) is 8.36. The topological polar surface area (TPSA) is 94.5 Å². The highest BCUT2D eigenvalue weighted by Gasteiger charge is 2.29. The van der Waals surface area contributed by atoms with Crippen LogP contribution in [0.1, 0.15) is 47.5 Å². The molecule has 1 atom stereocenters. The molecule has 1 aromatic carbocycles. The van der Waals surface area contributed by atoms with E-state index in [1.54, 1.807) is 35.0 Å². The molecule has 2 N–H and O–H groups in total. The summed E-state index contributed by atoms with van der Waals surface area (Å²) in [6.45, 7) is 5.83. The molecule has 1 saturated heterocycles. The fourth-order valence-electron chi connectivity index (χ4n) is 4.05. The van der Waals surface area contributed by atoms with Crippen LogP contribution in [-0.4, -0.2) is 47.8 Å². The summed E-state index contributed by atoms with van der Waals surface area (Å²) in [6, 6.07) is 10.8. The van der Waals surface area contributed by atoms with Gasteiger partial charge in [-0.25, -0.2) is 9.78 Å². The average molecular weight is 463 g/mol. The molecule has 0 radical (unpaired) electrons. The van der Waals surface area contributed by atoms with Gasteiger partial charge in [-0.3, -0.25) is 4.79 Å². The Labute approximate surface area is 199 Å². The van der Waals surface area contributed by atoms with Crippen molar-refractivity contribution in [1.29, 1.82) is 0 Å². The Balaban J connectivity index is 1.82. The monoisotopic (exact) mass is 462 g/mol. The highest BCUT2D eigenvalue weighted by atomic mass is 16.5. The number of carbonyl (C=O) groups excluding carboxylic acids is 2. The Morgan fingerprint density at radius 1 is 1.29 bits per heavy atom. The maximum atomic E-state index is 13.1. The van der Waals surface area contributed by atoms with E-state index in [0.717, 1.165) is 18.5 Å². The van der Waals surface area contributed by atoms with Crippen LogP contribution in [0.5, 0.6) is 0 Å². The van der Waals surface area contributed by atoms with Crippen molar-refractivity contribution in [3.63, 3.8) is 0 Å². The van der Waals surface area contributed by atoms with Crippen LogP contribution in [0.15, 0.2) is 54.2 Å². The number of fused-ring (bicyclic) bond motifs is 1. The largest absolute Gasteiger partial charge is 0.464 e. The summed E-state index contributed by atoms with van der Waals surface area (Å²) in [6.07, 6.45) is 5.61. The fraction of sp³-hybridized carbons (Fsp3) is 0.346. The molecule has 0 aliphatic carbocycles. The zero-order valence-corrected chi connectivity index (χ0v) is 19.8. The molecule has 1 aliphatic rings. The summed E-state index contributed by atoms with van der Waals surface area (Å²) in [5, 5.41) is 6.96. The van der Waals surface area contributed by atoms with Crippen LogP contribution in [0.4, 0.5) is 11.4 Å². The lowest BCUT2D eigenvalue weighted by atomic mass is 10.2. The van der Waals surface area contributed by atoms with Gasteiger partial charge in [-0.2, -0.15) is 0 Å². The molecule has 4 rings (SSSR count). The number of nitrogens with one attached hydrogen (secondary N) is 2. The van der Waals surface area contributed by atoms with Crippen LogP contribution in [0, 0.1) is 0 Å². The number of hydrogen-bond acceptors (Lipinski definition) is 6. The van der Waals surface area contributed by atoms with Gasteiger partial charge in [0.25, 0.3) is 5.91 Å². The molecule has 0 saturated carbocycles. The molecule has 8 nitrogen and oxygen atoms in total. The van der Waals surface area contributed by atoms with Crippen molar-refractivity contribution in [1.82, 2.24) is 9.55 Å². The molecule has 0 spiro atoms. The van der Waals surface area contributed by atoms with Crippen LogP contribution >= 0.6 is 0 Å². The second kappa shape index (κ2) is 10.5. The second-order valence-corrected chi connectivity index (χ2v) is 8.36. The highest BCUT2D eigenvalue weighted by Crippen LogP contribution is 2.34. The number of methoxy groups -OCH3 is 1. The summed E-state index contributed by atoms with van der Waals surface area (Å²) in [5.74, 6) is -0.858. The minimum Gasteiger partial charge on any atom is -0.464 e. The van der Waals surface area contributed by atoms with Gasteiger partial charge in [-0.05, 0) is 44.9 Å². The number of rotatable bonds is 8. The Morgan fingerprint density at radius 2 is 2.09 bits per heavy atom. The Kier molecular flexibility index (Phi) is 7.27. The molecule has 0 bridgehead atoms. The number of allylic oxidation sites excluding steroid dienone is 1. The summed E-state index contributed by atoms with van der Waals surface area (Å²) in [4.78, 5) is 30.7. The zero-order valence-electron chi connectivity index (χ0n) is 19.8.